The van der Waals surface area contributed by atoms with Gasteiger partial charge in [0.1, 0.15) is 29.3 Å². The average molecular weight is 922 g/mol. The van der Waals surface area contributed by atoms with Gasteiger partial charge in [0.05, 0.1) is 53.3 Å². The Kier molecular flexibility index (Phi) is 13.2. The van der Waals surface area contributed by atoms with E-state index in [-0.39, 0.29) is 53.6 Å². The molecule has 3 fully saturated rings. The minimum atomic E-state index is -1.15. The summed E-state index contributed by atoms with van der Waals surface area (Å²) in [6, 6.07) is 15.0. The van der Waals surface area contributed by atoms with Crippen LogP contribution in [0.1, 0.15) is 134 Å². The number of rotatable bonds is 12. The number of nitrogens with zero attached hydrogens (tertiary/aromatic N) is 6. The molecular formula is C50H64FN9O7. The molecule has 0 spiro atoms. The highest BCUT2D eigenvalue weighted by Crippen LogP contribution is 2.48. The van der Waals surface area contributed by atoms with Gasteiger partial charge in [-0.3, -0.25) is 14.5 Å². The molecule has 6 atom stereocenters. The topological polar surface area (TPSA) is 189 Å². The molecule has 3 aliphatic rings. The Morgan fingerprint density at radius 2 is 1.31 bits per heavy atom. The largest absolute Gasteiger partial charge is 0.485 e. The number of hydrogen-bond donors (Lipinski definition) is 4. The van der Waals surface area contributed by atoms with Crippen LogP contribution in [-0.2, 0) is 14.3 Å². The maximum atomic E-state index is 16.0. The molecule has 5 heterocycles. The van der Waals surface area contributed by atoms with Crippen molar-refractivity contribution in [3.8, 4) is 5.75 Å². The van der Waals surface area contributed by atoms with E-state index in [9.17, 15) is 24.3 Å². The first-order valence-corrected chi connectivity index (χ1v) is 23.5. The van der Waals surface area contributed by atoms with Crippen LogP contribution in [0.3, 0.4) is 0 Å². The molecule has 0 radical (unpaired) electrons. The number of benzene rings is 3. The minimum Gasteiger partial charge on any atom is -0.485 e. The zero-order chi connectivity index (χ0) is 48.1. The fraction of sp³-hybridized carbons (Fsp3) is 0.520. The number of carboxylic acid groups (broad SMARTS) is 1. The highest BCUT2D eigenvalue weighted by Gasteiger charge is 2.41. The molecule has 4 N–H and O–H groups in total. The van der Waals surface area contributed by atoms with Crippen molar-refractivity contribution in [2.75, 3.05) is 32.1 Å². The predicted molar refractivity (Wildman–Crippen MR) is 252 cm³/mol. The van der Waals surface area contributed by atoms with E-state index in [0.717, 1.165) is 70.2 Å². The normalized spacial score (nSPS) is 20.9. The number of imidazole rings is 2. The monoisotopic (exact) mass is 921 g/mol. The van der Waals surface area contributed by atoms with Gasteiger partial charge in [0.25, 0.3) is 0 Å². The summed E-state index contributed by atoms with van der Waals surface area (Å²) in [5, 5.41) is 12.5. The summed E-state index contributed by atoms with van der Waals surface area (Å²) in [7, 11) is 2.72. The van der Waals surface area contributed by atoms with Crippen LogP contribution in [0.4, 0.5) is 19.7 Å². The van der Waals surface area contributed by atoms with Crippen molar-refractivity contribution in [2.45, 2.75) is 129 Å². The smallest absolute Gasteiger partial charge is 0.407 e. The van der Waals surface area contributed by atoms with Crippen LogP contribution in [0, 0.1) is 17.7 Å². The van der Waals surface area contributed by atoms with Crippen molar-refractivity contribution in [3.63, 3.8) is 0 Å². The molecule has 16 nitrogen and oxygen atoms in total. The number of carbonyl (C=O) groups excluding carboxylic acids is 3. The lowest BCUT2D eigenvalue weighted by molar-refractivity contribution is -0.138. The van der Waals surface area contributed by atoms with E-state index in [1.165, 1.54) is 14.2 Å². The van der Waals surface area contributed by atoms with Gasteiger partial charge in [-0.05, 0) is 119 Å². The fourth-order valence-electron chi connectivity index (χ4n) is 10.4. The second kappa shape index (κ2) is 18.7. The fourth-order valence-corrected chi connectivity index (χ4v) is 10.4. The summed E-state index contributed by atoms with van der Waals surface area (Å²) in [6.07, 6.45) is 2.72. The van der Waals surface area contributed by atoms with Gasteiger partial charge in [-0.25, -0.2) is 23.9 Å². The number of amides is 4. The minimum absolute atomic E-state index is 0.153. The number of fused-ring (bicyclic) bond motifs is 2. The van der Waals surface area contributed by atoms with Gasteiger partial charge in [0.2, 0.25) is 11.8 Å². The number of aromatic amines is 2. The second-order valence-electron chi connectivity index (χ2n) is 20.0. The van der Waals surface area contributed by atoms with Crippen molar-refractivity contribution in [1.29, 1.82) is 0 Å². The second-order valence-corrected chi connectivity index (χ2v) is 20.0. The molecule has 3 saturated heterocycles. The van der Waals surface area contributed by atoms with Gasteiger partial charge >= 0.3 is 12.2 Å². The SMILES string of the molecule is COC(=O)N[C@H](C(=O)N1CCC[C@H]1c1nc2ccc([C@H]3CC[C@H](c4ccc5nc([C@@H]6CCCN6C(=O)[C@H](C(C)C)N(C)C(=O)O)[nH]c5c4)N3c3ccc(OC(C)(C)C)c(F)c3)cc2[nH]1)C(C)C. The number of nitrogens with one attached hydrogen (secondary N) is 3. The number of hydrogen-bond acceptors (Lipinski definition) is 9. The van der Waals surface area contributed by atoms with Crippen LogP contribution in [0.15, 0.2) is 54.6 Å². The number of ether oxygens (including phenoxy) is 2. The highest BCUT2D eigenvalue weighted by molar-refractivity contribution is 5.87. The van der Waals surface area contributed by atoms with Crippen molar-refractivity contribution in [3.05, 3.63) is 83.2 Å². The Labute approximate surface area is 390 Å². The van der Waals surface area contributed by atoms with Crippen LogP contribution in [0.5, 0.6) is 5.75 Å². The van der Waals surface area contributed by atoms with E-state index in [2.05, 4.69) is 44.5 Å². The summed E-state index contributed by atoms with van der Waals surface area (Å²) in [5.41, 5.74) is 5.29. The van der Waals surface area contributed by atoms with E-state index in [0.29, 0.717) is 36.8 Å². The molecule has 8 rings (SSSR count). The van der Waals surface area contributed by atoms with Crippen molar-refractivity contribution < 1.29 is 38.1 Å². The summed E-state index contributed by atoms with van der Waals surface area (Å²) >= 11 is 0. The first kappa shape index (κ1) is 47.1. The lowest BCUT2D eigenvalue weighted by Crippen LogP contribution is -2.51. The number of likely N-dealkylation sites (tertiary alicyclic amines) is 2. The molecule has 0 saturated carbocycles. The summed E-state index contributed by atoms with van der Waals surface area (Å²) in [4.78, 5) is 75.9. The molecule has 17 heteroatoms. The van der Waals surface area contributed by atoms with Gasteiger partial charge in [0.15, 0.2) is 11.6 Å². The number of H-pyrrole nitrogens is 2. The van der Waals surface area contributed by atoms with E-state index in [1.807, 2.05) is 66.7 Å². The summed E-state index contributed by atoms with van der Waals surface area (Å²) < 4.78 is 26.8. The van der Waals surface area contributed by atoms with E-state index < -0.39 is 35.7 Å². The first-order valence-electron chi connectivity index (χ1n) is 23.5. The molecule has 3 aromatic carbocycles. The molecule has 3 aliphatic heterocycles. The van der Waals surface area contributed by atoms with Gasteiger partial charge in [-0.1, -0.05) is 39.8 Å². The summed E-state index contributed by atoms with van der Waals surface area (Å²) in [6.45, 7) is 14.2. The number of aromatic nitrogens is 4. The Morgan fingerprint density at radius 1 is 0.776 bits per heavy atom. The number of methoxy groups -OCH3 is 1. The third-order valence-corrected chi connectivity index (χ3v) is 13.5. The molecule has 67 heavy (non-hydrogen) atoms. The lowest BCUT2D eigenvalue weighted by atomic mass is 10.0. The van der Waals surface area contributed by atoms with Crippen LogP contribution in [0.25, 0.3) is 22.1 Å². The maximum absolute atomic E-state index is 16.0. The maximum Gasteiger partial charge on any atom is 0.407 e. The van der Waals surface area contributed by atoms with Crippen molar-refractivity contribution in [1.82, 2.24) is 40.0 Å². The molecule has 0 unspecified atom stereocenters. The zero-order valence-electron chi connectivity index (χ0n) is 39.9. The van der Waals surface area contributed by atoms with Crippen molar-refractivity contribution >= 4 is 51.8 Å². The van der Waals surface area contributed by atoms with Crippen LogP contribution in [0.2, 0.25) is 0 Å². The van der Waals surface area contributed by atoms with Crippen LogP contribution in [-0.4, -0.2) is 109 Å². The molecule has 4 amide bonds. The van der Waals surface area contributed by atoms with Crippen molar-refractivity contribution in [2.24, 2.45) is 11.8 Å². The highest BCUT2D eigenvalue weighted by atomic mass is 19.1. The van der Waals surface area contributed by atoms with E-state index >= 15 is 4.39 Å². The Bertz CT molecular complexity index is 2660. The average Bonchev–Trinajstić information content (AvgIpc) is 4.13. The third-order valence-electron chi connectivity index (χ3n) is 13.5. The van der Waals surface area contributed by atoms with Gasteiger partial charge in [0, 0.05) is 31.9 Å². The standard InChI is InChI=1S/C50H64FN9O7/c1-27(2)42(56-48(63)66-9)46(61)58-22-10-12-39(58)44-52-33-17-14-29(24-35(33)54-44)37-19-20-38(60(37)31-16-21-41(32(51)26-31)67-50(5,6)7)30-15-18-34-36(25-30)55-45(53-34)40-13-11-23-59(40)47(62)43(28(3)4)57(8)49(64)65/h14-18,21,24-28,37-40,42-43H,10-13,19-20,22-23H2,1-9H3,(H,52,54)(H,53,55)(H,56,63)(H,64,65)/t37-,38-,39+,40+,42+,43+/m1/s1. The number of anilines is 1. The Hall–Kier alpha value is -6.39. The molecule has 5 aromatic rings. The predicted octanol–water partition coefficient (Wildman–Crippen LogP) is 9.18. The van der Waals surface area contributed by atoms with E-state index in [4.69, 9.17) is 19.4 Å². The summed E-state index contributed by atoms with van der Waals surface area (Å²) in [5.74, 6) is 0.278. The molecular weight excluding hydrogens is 858 g/mol. The number of likely N-dealkylation sites (N-methyl/N-ethyl adjacent to an activating group) is 1. The number of halogens is 1. The Balaban J connectivity index is 1.11. The Morgan fingerprint density at radius 3 is 1.78 bits per heavy atom. The molecule has 2 aromatic heterocycles. The quantitative estimate of drug-likeness (QED) is 0.0939. The van der Waals surface area contributed by atoms with Crippen LogP contribution < -0.4 is 15.0 Å². The number of alkyl carbamates (subject to hydrolysis) is 1. The number of carbonyl (C=O) groups is 4. The van der Waals surface area contributed by atoms with Gasteiger partial charge in [-0.2, -0.15) is 0 Å². The first-order chi connectivity index (χ1) is 31.8. The molecule has 0 bridgehead atoms. The molecule has 0 aliphatic carbocycles. The van der Waals surface area contributed by atoms with Crippen LogP contribution >= 0.6 is 0 Å². The van der Waals surface area contributed by atoms with Gasteiger partial charge in [-0.15, -0.1) is 0 Å². The molecule has 358 valence electrons. The lowest BCUT2D eigenvalue weighted by Gasteiger charge is -2.34. The zero-order valence-corrected chi connectivity index (χ0v) is 39.9. The van der Waals surface area contributed by atoms with Gasteiger partial charge < -0.3 is 44.6 Å². The third kappa shape index (κ3) is 9.46. The van der Waals surface area contributed by atoms with E-state index in [1.54, 1.807) is 21.9 Å².